The summed E-state index contributed by atoms with van der Waals surface area (Å²) in [4.78, 5) is 3.99. The Labute approximate surface area is 108 Å². The van der Waals surface area contributed by atoms with Crippen molar-refractivity contribution >= 4 is 12.6 Å². The molecule has 0 fully saturated rings. The minimum absolute atomic E-state index is 0.465. The van der Waals surface area contributed by atoms with Crippen LogP contribution in [-0.2, 0) is 4.65 Å². The van der Waals surface area contributed by atoms with Crippen molar-refractivity contribution in [3.8, 4) is 5.88 Å². The van der Waals surface area contributed by atoms with Gasteiger partial charge in [0.05, 0.1) is 18.3 Å². The second-order valence-electron chi connectivity index (χ2n) is 5.17. The maximum absolute atomic E-state index is 9.97. The van der Waals surface area contributed by atoms with Gasteiger partial charge in [-0.05, 0) is 33.8 Å². The zero-order chi connectivity index (χ0) is 14.0. The van der Waals surface area contributed by atoms with Crippen molar-refractivity contribution in [2.45, 2.75) is 38.9 Å². The molecule has 100 valence electrons. The molecule has 0 bridgehead atoms. The zero-order valence-corrected chi connectivity index (χ0v) is 11.5. The van der Waals surface area contributed by atoms with E-state index < -0.39 is 18.3 Å². The van der Waals surface area contributed by atoms with Crippen molar-refractivity contribution in [1.29, 1.82) is 0 Å². The van der Waals surface area contributed by atoms with Crippen molar-refractivity contribution in [3.05, 3.63) is 18.3 Å². The Morgan fingerprint density at radius 3 is 2.22 bits per heavy atom. The maximum Gasteiger partial charge on any atom is 0.493 e. The number of hydrogen-bond donors (Lipinski definition) is 2. The summed E-state index contributed by atoms with van der Waals surface area (Å²) < 4.78 is 10.4. The van der Waals surface area contributed by atoms with Crippen LogP contribution in [-0.4, -0.2) is 40.5 Å². The highest BCUT2D eigenvalue weighted by molar-refractivity contribution is 6.60. The number of pyridine rings is 1. The van der Waals surface area contributed by atoms with Crippen LogP contribution in [0.25, 0.3) is 0 Å². The lowest BCUT2D eigenvalue weighted by Crippen LogP contribution is -2.53. The van der Waals surface area contributed by atoms with Crippen LogP contribution in [0.2, 0.25) is 0 Å². The molecule has 0 aromatic carbocycles. The van der Waals surface area contributed by atoms with Gasteiger partial charge in [-0.25, -0.2) is 4.98 Å². The smallest absolute Gasteiger partial charge is 0.481 e. The number of aromatic nitrogens is 1. The van der Waals surface area contributed by atoms with E-state index in [1.807, 2.05) is 0 Å². The fourth-order valence-electron chi connectivity index (χ4n) is 1.15. The standard InChI is InChI=1S/C12H20BNO4/c1-11(2,15)12(3,4)18-13(16)9-6-7-10(17-5)14-8-9/h6-8,15-16H,1-5H3. The van der Waals surface area contributed by atoms with Gasteiger partial charge in [0.2, 0.25) is 5.88 Å². The largest absolute Gasteiger partial charge is 0.493 e. The van der Waals surface area contributed by atoms with Crippen LogP contribution in [0.1, 0.15) is 27.7 Å². The molecular weight excluding hydrogens is 233 g/mol. The molecule has 0 spiro atoms. The molecule has 0 aliphatic rings. The summed E-state index contributed by atoms with van der Waals surface area (Å²) in [7, 11) is 0.372. The van der Waals surface area contributed by atoms with Gasteiger partial charge in [-0.3, -0.25) is 0 Å². The molecule has 6 heteroatoms. The molecule has 1 aromatic rings. The Morgan fingerprint density at radius 2 is 1.83 bits per heavy atom. The van der Waals surface area contributed by atoms with Crippen LogP contribution >= 0.6 is 0 Å². The molecule has 0 atom stereocenters. The van der Waals surface area contributed by atoms with Crippen molar-refractivity contribution in [2.75, 3.05) is 7.11 Å². The number of methoxy groups -OCH3 is 1. The van der Waals surface area contributed by atoms with E-state index in [4.69, 9.17) is 9.39 Å². The summed E-state index contributed by atoms with van der Waals surface area (Å²) in [6.45, 7) is 6.69. The third-order valence-corrected chi connectivity index (χ3v) is 3.13. The van der Waals surface area contributed by atoms with Gasteiger partial charge < -0.3 is 19.5 Å². The molecule has 5 nitrogen and oxygen atoms in total. The summed E-state index contributed by atoms with van der Waals surface area (Å²) in [5.41, 5.74) is -1.46. The molecule has 0 amide bonds. The van der Waals surface area contributed by atoms with Crippen LogP contribution in [0.5, 0.6) is 5.88 Å². The summed E-state index contributed by atoms with van der Waals surface area (Å²) in [5.74, 6) is 0.465. The Morgan fingerprint density at radius 1 is 1.22 bits per heavy atom. The first-order valence-electron chi connectivity index (χ1n) is 5.75. The van der Waals surface area contributed by atoms with Gasteiger partial charge in [0, 0.05) is 11.7 Å². The van der Waals surface area contributed by atoms with Gasteiger partial charge in [-0.2, -0.15) is 0 Å². The average molecular weight is 253 g/mol. The highest BCUT2D eigenvalue weighted by Gasteiger charge is 2.39. The predicted molar refractivity (Wildman–Crippen MR) is 69.9 cm³/mol. The predicted octanol–water partition coefficient (Wildman–Crippen LogP) is 0.344. The monoisotopic (exact) mass is 253 g/mol. The maximum atomic E-state index is 9.97. The number of aliphatic hydroxyl groups is 1. The highest BCUT2D eigenvalue weighted by atomic mass is 16.5. The van der Waals surface area contributed by atoms with Crippen LogP contribution < -0.4 is 10.2 Å². The SMILES string of the molecule is COc1ccc(B(O)OC(C)(C)C(C)(C)O)cn1. The Balaban J connectivity index is 2.78. The van der Waals surface area contributed by atoms with E-state index in [0.29, 0.717) is 11.3 Å². The lowest BCUT2D eigenvalue weighted by molar-refractivity contribution is -0.0982. The van der Waals surface area contributed by atoms with Crippen LogP contribution in [0.3, 0.4) is 0 Å². The normalized spacial score (nSPS) is 12.4. The number of nitrogens with zero attached hydrogens (tertiary/aromatic N) is 1. The third-order valence-electron chi connectivity index (χ3n) is 3.13. The molecule has 0 aliphatic carbocycles. The van der Waals surface area contributed by atoms with E-state index in [1.54, 1.807) is 39.8 Å². The van der Waals surface area contributed by atoms with Crippen LogP contribution in [0.15, 0.2) is 18.3 Å². The summed E-state index contributed by atoms with van der Waals surface area (Å²) >= 11 is 0. The summed E-state index contributed by atoms with van der Waals surface area (Å²) in [6, 6.07) is 3.30. The lowest BCUT2D eigenvalue weighted by Gasteiger charge is -2.38. The summed E-state index contributed by atoms with van der Waals surface area (Å²) in [6.07, 6.45) is 1.48. The van der Waals surface area contributed by atoms with E-state index in [-0.39, 0.29) is 0 Å². The Hall–Kier alpha value is -1.11. The first kappa shape index (κ1) is 15.0. The molecule has 1 heterocycles. The number of hydrogen-bond acceptors (Lipinski definition) is 5. The Bertz CT molecular complexity index is 386. The molecule has 0 aliphatic heterocycles. The van der Waals surface area contributed by atoms with E-state index in [1.165, 1.54) is 13.3 Å². The quantitative estimate of drug-likeness (QED) is 0.740. The van der Waals surface area contributed by atoms with Gasteiger partial charge in [-0.15, -0.1) is 0 Å². The molecule has 0 radical (unpaired) electrons. The average Bonchev–Trinajstić information content (AvgIpc) is 2.27. The minimum Gasteiger partial charge on any atom is -0.481 e. The van der Waals surface area contributed by atoms with Crippen LogP contribution in [0.4, 0.5) is 0 Å². The first-order chi connectivity index (χ1) is 8.17. The van der Waals surface area contributed by atoms with Crippen LogP contribution in [0, 0.1) is 0 Å². The van der Waals surface area contributed by atoms with Crippen molar-refractivity contribution in [2.24, 2.45) is 0 Å². The van der Waals surface area contributed by atoms with Gasteiger partial charge in [0.25, 0.3) is 0 Å². The molecule has 1 rings (SSSR count). The van der Waals surface area contributed by atoms with E-state index in [0.717, 1.165) is 0 Å². The molecular formula is C12H20BNO4. The fraction of sp³-hybridized carbons (Fsp3) is 0.583. The molecule has 0 unspecified atom stereocenters. The Kier molecular flexibility index (Phi) is 4.37. The minimum atomic E-state index is -1.15. The van der Waals surface area contributed by atoms with E-state index in [2.05, 4.69) is 4.98 Å². The molecule has 2 N–H and O–H groups in total. The van der Waals surface area contributed by atoms with Gasteiger partial charge in [0.1, 0.15) is 0 Å². The highest BCUT2D eigenvalue weighted by Crippen LogP contribution is 2.25. The van der Waals surface area contributed by atoms with Gasteiger partial charge in [0.15, 0.2) is 0 Å². The van der Waals surface area contributed by atoms with Gasteiger partial charge >= 0.3 is 7.12 Å². The molecule has 0 saturated carbocycles. The first-order valence-corrected chi connectivity index (χ1v) is 5.75. The van der Waals surface area contributed by atoms with Crippen molar-refractivity contribution in [3.63, 3.8) is 0 Å². The third kappa shape index (κ3) is 3.44. The number of rotatable bonds is 5. The second-order valence-corrected chi connectivity index (χ2v) is 5.17. The summed E-state index contributed by atoms with van der Waals surface area (Å²) in [5, 5.41) is 19.9. The van der Waals surface area contributed by atoms with Gasteiger partial charge in [-0.1, -0.05) is 6.07 Å². The topological polar surface area (TPSA) is 71.8 Å². The lowest BCUT2D eigenvalue weighted by atomic mass is 9.77. The second kappa shape index (κ2) is 5.26. The fourth-order valence-corrected chi connectivity index (χ4v) is 1.15. The van der Waals surface area contributed by atoms with Crippen molar-refractivity contribution in [1.82, 2.24) is 4.98 Å². The molecule has 0 saturated heterocycles. The molecule has 1 aromatic heterocycles. The number of ether oxygens (including phenoxy) is 1. The van der Waals surface area contributed by atoms with E-state index in [9.17, 15) is 10.1 Å². The molecule has 18 heavy (non-hydrogen) atoms. The van der Waals surface area contributed by atoms with Crippen molar-refractivity contribution < 1.29 is 19.5 Å². The zero-order valence-electron chi connectivity index (χ0n) is 11.5. The van der Waals surface area contributed by atoms with E-state index >= 15 is 0 Å².